The lowest BCUT2D eigenvalue weighted by atomic mass is 9.73. The van der Waals surface area contributed by atoms with Gasteiger partial charge in [-0.25, -0.2) is 9.59 Å². The van der Waals surface area contributed by atoms with Crippen molar-refractivity contribution < 1.29 is 23.8 Å². The molecule has 8 nitrogen and oxygen atoms in total. The molecule has 0 spiro atoms. The van der Waals surface area contributed by atoms with E-state index in [-0.39, 0.29) is 6.04 Å². The molecule has 3 aliphatic heterocycles. The average Bonchev–Trinajstić information content (AvgIpc) is 2.85. The van der Waals surface area contributed by atoms with E-state index in [9.17, 15) is 9.59 Å². The second-order valence-electron chi connectivity index (χ2n) is 10.8. The third-order valence-electron chi connectivity index (χ3n) is 7.12. The highest BCUT2D eigenvalue weighted by molar-refractivity contribution is 5.85. The minimum atomic E-state index is -0.873. The maximum atomic E-state index is 13.3. The number of aromatic nitrogens is 1. The third kappa shape index (κ3) is 5.64. The minimum absolute atomic E-state index is 0.00873. The Kier molecular flexibility index (Phi) is 7.54. The summed E-state index contributed by atoms with van der Waals surface area (Å²) in [5.41, 5.74) is 1.01. The number of hydrogen-bond donors (Lipinski definition) is 1. The molecule has 6 atom stereocenters. The maximum absolute atomic E-state index is 13.3. The van der Waals surface area contributed by atoms with Gasteiger partial charge in [0.25, 0.3) is 0 Å². The molecule has 1 amide bonds. The number of ether oxygens (including phenoxy) is 3. The minimum Gasteiger partial charge on any atom is -0.497 e. The molecule has 0 saturated carbocycles. The number of benzene rings is 1. The highest BCUT2D eigenvalue weighted by Gasteiger charge is 2.44. The number of fused-ring (bicyclic) bond motifs is 4. The lowest BCUT2D eigenvalue weighted by molar-refractivity contribution is -0.159. The van der Waals surface area contributed by atoms with Crippen LogP contribution in [-0.4, -0.2) is 59.8 Å². The molecule has 4 heterocycles. The molecule has 0 radical (unpaired) electrons. The predicted molar refractivity (Wildman–Crippen MR) is 138 cm³/mol. The van der Waals surface area contributed by atoms with Crippen molar-refractivity contribution in [3.8, 4) is 5.75 Å². The standard InChI is InChI=1S/C28H37N3O5/c1-7-18-16-31-13-11-19(18)14-24(31)25(35-26(32)17(2)30-27(33)36-28(3,4)5)21-10-12-29-23-9-8-20(34-6)15-22(21)23/h7-10,12,15,17-19,24-25H,1,11,13-14,16H2,2-6H3,(H,30,33)/t17-,18-,19-,24-,25+/m0/s1. The Morgan fingerprint density at radius 2 is 2.06 bits per heavy atom. The van der Waals surface area contributed by atoms with Crippen LogP contribution in [-0.2, 0) is 14.3 Å². The molecular formula is C28H37N3O5. The van der Waals surface area contributed by atoms with Crippen LogP contribution >= 0.6 is 0 Å². The number of pyridine rings is 1. The van der Waals surface area contributed by atoms with Crippen LogP contribution in [0.1, 0.15) is 52.2 Å². The van der Waals surface area contributed by atoms with Gasteiger partial charge in [-0.3, -0.25) is 9.88 Å². The van der Waals surface area contributed by atoms with Gasteiger partial charge < -0.3 is 19.5 Å². The predicted octanol–water partition coefficient (Wildman–Crippen LogP) is 4.64. The molecule has 1 aromatic heterocycles. The van der Waals surface area contributed by atoms with E-state index in [0.29, 0.717) is 17.6 Å². The van der Waals surface area contributed by atoms with Gasteiger partial charge in [-0.15, -0.1) is 6.58 Å². The maximum Gasteiger partial charge on any atom is 0.408 e. The van der Waals surface area contributed by atoms with Crippen molar-refractivity contribution in [3.63, 3.8) is 0 Å². The quantitative estimate of drug-likeness (QED) is 0.442. The zero-order chi connectivity index (χ0) is 26.0. The summed E-state index contributed by atoms with van der Waals surface area (Å²) < 4.78 is 17.0. The number of hydrogen-bond acceptors (Lipinski definition) is 7. The molecule has 1 N–H and O–H groups in total. The molecule has 3 aliphatic rings. The molecule has 8 heteroatoms. The van der Waals surface area contributed by atoms with Crippen molar-refractivity contribution in [2.45, 2.75) is 64.3 Å². The highest BCUT2D eigenvalue weighted by atomic mass is 16.6. The van der Waals surface area contributed by atoms with Crippen molar-refractivity contribution in [2.24, 2.45) is 11.8 Å². The first-order chi connectivity index (χ1) is 17.1. The van der Waals surface area contributed by atoms with Gasteiger partial charge in [-0.2, -0.15) is 0 Å². The molecule has 2 bridgehead atoms. The van der Waals surface area contributed by atoms with Gasteiger partial charge in [0.2, 0.25) is 0 Å². The molecule has 3 saturated heterocycles. The van der Waals surface area contributed by atoms with E-state index in [0.717, 1.165) is 42.4 Å². The van der Waals surface area contributed by atoms with Gasteiger partial charge in [-0.1, -0.05) is 6.08 Å². The lowest BCUT2D eigenvalue weighted by Gasteiger charge is -2.51. The van der Waals surface area contributed by atoms with Crippen molar-refractivity contribution in [2.75, 3.05) is 20.2 Å². The van der Waals surface area contributed by atoms with Crippen molar-refractivity contribution in [3.05, 3.63) is 48.7 Å². The van der Waals surface area contributed by atoms with Crippen LogP contribution in [0.5, 0.6) is 5.75 Å². The number of amides is 1. The summed E-state index contributed by atoms with van der Waals surface area (Å²) in [6, 6.07) is 6.76. The summed E-state index contributed by atoms with van der Waals surface area (Å²) in [7, 11) is 1.62. The van der Waals surface area contributed by atoms with Crippen LogP contribution in [0.4, 0.5) is 4.79 Å². The number of methoxy groups -OCH3 is 1. The number of piperidine rings is 3. The molecule has 0 aliphatic carbocycles. The fraction of sp³-hybridized carbons (Fsp3) is 0.536. The average molecular weight is 496 g/mol. The number of carbonyl (C=O) groups is 2. The summed E-state index contributed by atoms with van der Waals surface area (Å²) in [6.07, 6.45) is 4.61. The fourth-order valence-electron chi connectivity index (χ4n) is 5.33. The number of rotatable bonds is 7. The van der Waals surface area contributed by atoms with E-state index in [1.165, 1.54) is 0 Å². The second-order valence-corrected chi connectivity index (χ2v) is 10.8. The topological polar surface area (TPSA) is 90.0 Å². The van der Waals surface area contributed by atoms with E-state index in [1.807, 2.05) is 30.3 Å². The Labute approximate surface area is 213 Å². The van der Waals surface area contributed by atoms with Crippen LogP contribution in [0.2, 0.25) is 0 Å². The van der Waals surface area contributed by atoms with Crippen molar-refractivity contribution in [1.29, 1.82) is 0 Å². The summed E-state index contributed by atoms with van der Waals surface area (Å²) in [5.74, 6) is 1.13. The van der Waals surface area contributed by atoms with Gasteiger partial charge in [-0.05, 0) is 83.2 Å². The van der Waals surface area contributed by atoms with E-state index in [1.54, 1.807) is 41.0 Å². The van der Waals surface area contributed by atoms with Crippen molar-refractivity contribution in [1.82, 2.24) is 15.2 Å². The smallest absolute Gasteiger partial charge is 0.408 e. The summed E-state index contributed by atoms with van der Waals surface area (Å²) in [6.45, 7) is 12.8. The molecule has 3 fully saturated rings. The Morgan fingerprint density at radius 1 is 1.28 bits per heavy atom. The SMILES string of the molecule is C=C[C@H]1CN2CC[C@H]1C[C@H]2[C@H](OC(=O)[C@H](C)NC(=O)OC(C)(C)C)c1ccnc2ccc(OC)cc12. The Balaban J connectivity index is 1.65. The molecular weight excluding hydrogens is 458 g/mol. The van der Waals surface area contributed by atoms with Crippen LogP contribution in [0, 0.1) is 11.8 Å². The highest BCUT2D eigenvalue weighted by Crippen LogP contribution is 2.43. The van der Waals surface area contributed by atoms with E-state index in [2.05, 4.69) is 21.8 Å². The Bertz CT molecular complexity index is 1130. The lowest BCUT2D eigenvalue weighted by Crippen LogP contribution is -2.55. The monoisotopic (exact) mass is 495 g/mol. The van der Waals surface area contributed by atoms with Crippen LogP contribution in [0.15, 0.2) is 43.1 Å². The first kappa shape index (κ1) is 25.9. The summed E-state index contributed by atoms with van der Waals surface area (Å²) in [4.78, 5) is 32.5. The first-order valence-corrected chi connectivity index (χ1v) is 12.6. The fourth-order valence-corrected chi connectivity index (χ4v) is 5.33. The van der Waals surface area contributed by atoms with Gasteiger partial charge in [0, 0.05) is 23.7 Å². The van der Waals surface area contributed by atoms with Crippen LogP contribution < -0.4 is 10.1 Å². The number of nitrogens with one attached hydrogen (secondary N) is 1. The number of nitrogens with zero attached hydrogens (tertiary/aromatic N) is 2. The largest absolute Gasteiger partial charge is 0.497 e. The van der Waals surface area contributed by atoms with Crippen LogP contribution in [0.3, 0.4) is 0 Å². The summed E-state index contributed by atoms with van der Waals surface area (Å²) >= 11 is 0. The van der Waals surface area contributed by atoms with Gasteiger partial charge in [0.05, 0.1) is 18.7 Å². The molecule has 5 rings (SSSR count). The molecule has 194 valence electrons. The van der Waals surface area contributed by atoms with Gasteiger partial charge in [0.15, 0.2) is 0 Å². The van der Waals surface area contributed by atoms with Gasteiger partial charge >= 0.3 is 12.1 Å². The molecule has 1 unspecified atom stereocenters. The van der Waals surface area contributed by atoms with E-state index in [4.69, 9.17) is 14.2 Å². The number of carbonyl (C=O) groups excluding carboxylic acids is 2. The third-order valence-corrected chi connectivity index (χ3v) is 7.12. The first-order valence-electron chi connectivity index (χ1n) is 12.6. The number of alkyl carbamates (subject to hydrolysis) is 1. The summed E-state index contributed by atoms with van der Waals surface area (Å²) in [5, 5.41) is 3.49. The second kappa shape index (κ2) is 10.5. The number of esters is 1. The van der Waals surface area contributed by atoms with Gasteiger partial charge in [0.1, 0.15) is 23.5 Å². The normalized spacial score (nSPS) is 25.0. The molecule has 36 heavy (non-hydrogen) atoms. The Morgan fingerprint density at radius 3 is 2.69 bits per heavy atom. The van der Waals surface area contributed by atoms with E-state index < -0.39 is 29.8 Å². The molecule has 2 aromatic rings. The van der Waals surface area contributed by atoms with Crippen LogP contribution in [0.25, 0.3) is 10.9 Å². The zero-order valence-corrected chi connectivity index (χ0v) is 21.8. The van der Waals surface area contributed by atoms with E-state index >= 15 is 0 Å². The zero-order valence-electron chi connectivity index (χ0n) is 21.8. The Hall–Kier alpha value is -3.13. The molecule has 1 aromatic carbocycles. The van der Waals surface area contributed by atoms with Crippen molar-refractivity contribution >= 4 is 23.0 Å².